The number of aryl methyl sites for hydroxylation is 1. The molecule has 1 aliphatic heterocycles. The zero-order valence-electron chi connectivity index (χ0n) is 17.2. The van der Waals surface area contributed by atoms with Gasteiger partial charge in [-0.25, -0.2) is 0 Å². The molecule has 1 aromatic carbocycles. The first kappa shape index (κ1) is 20.9. The molecule has 0 atom stereocenters. The van der Waals surface area contributed by atoms with E-state index in [0.29, 0.717) is 6.54 Å². The summed E-state index contributed by atoms with van der Waals surface area (Å²) >= 11 is 5.78. The van der Waals surface area contributed by atoms with Crippen LogP contribution in [0.5, 0.6) is 0 Å². The molecule has 0 amide bonds. The van der Waals surface area contributed by atoms with Gasteiger partial charge in [-0.3, -0.25) is 0 Å². The number of nitrogens with one attached hydrogen (secondary N) is 1. The molecule has 1 saturated heterocycles. The number of piperidine rings is 1. The van der Waals surface area contributed by atoms with Gasteiger partial charge >= 0.3 is 0 Å². The average molecular weight is 400 g/mol. The van der Waals surface area contributed by atoms with Crippen molar-refractivity contribution in [1.82, 2.24) is 9.80 Å². The van der Waals surface area contributed by atoms with Gasteiger partial charge < -0.3 is 19.5 Å². The Morgan fingerprint density at radius 2 is 2.00 bits per heavy atom. The third kappa shape index (κ3) is 6.08. The van der Waals surface area contributed by atoms with E-state index in [1.165, 1.54) is 31.5 Å². The lowest BCUT2D eigenvalue weighted by molar-refractivity contribution is 0.185. The summed E-state index contributed by atoms with van der Waals surface area (Å²) < 4.78 is 5.58. The van der Waals surface area contributed by atoms with Crippen LogP contribution < -0.4 is 5.32 Å². The highest BCUT2D eigenvalue weighted by Gasteiger charge is 2.17. The van der Waals surface area contributed by atoms with Crippen LogP contribution in [0, 0.1) is 5.92 Å². The van der Waals surface area contributed by atoms with Gasteiger partial charge in [0.15, 0.2) is 5.11 Å². The molecule has 1 fully saturated rings. The lowest BCUT2D eigenvalue weighted by Gasteiger charge is -2.31. The fraction of sp³-hybridized carbons (Fsp3) is 0.522. The second-order valence-electron chi connectivity index (χ2n) is 7.82. The van der Waals surface area contributed by atoms with E-state index >= 15 is 0 Å². The Hall–Kier alpha value is -1.85. The van der Waals surface area contributed by atoms with Crippen molar-refractivity contribution in [2.24, 2.45) is 5.92 Å². The first-order chi connectivity index (χ1) is 13.7. The fourth-order valence-electron chi connectivity index (χ4n) is 3.76. The molecular formula is C23H33N3OS. The number of nitrogens with zero attached hydrogens (tertiary/aromatic N) is 2. The second kappa shape index (κ2) is 10.6. The maximum absolute atomic E-state index is 5.78. The first-order valence-electron chi connectivity index (χ1n) is 10.5. The first-order valence-corrected chi connectivity index (χ1v) is 10.9. The Balaban J connectivity index is 1.58. The van der Waals surface area contributed by atoms with Crippen molar-refractivity contribution in [2.75, 3.05) is 31.5 Å². The molecule has 2 aromatic rings. The molecule has 5 heteroatoms. The van der Waals surface area contributed by atoms with Crippen LogP contribution in [0.4, 0.5) is 5.69 Å². The molecular weight excluding hydrogens is 366 g/mol. The predicted octanol–water partition coefficient (Wildman–Crippen LogP) is 5.16. The number of anilines is 1. The number of benzene rings is 1. The molecule has 1 N–H and O–H groups in total. The summed E-state index contributed by atoms with van der Waals surface area (Å²) in [6.45, 7) is 9.74. The third-order valence-electron chi connectivity index (χ3n) is 5.63. The highest BCUT2D eigenvalue weighted by atomic mass is 32.1. The Morgan fingerprint density at radius 1 is 1.21 bits per heavy atom. The molecule has 0 radical (unpaired) electrons. The quantitative estimate of drug-likeness (QED) is 0.620. The van der Waals surface area contributed by atoms with Crippen LogP contribution in [0.15, 0.2) is 47.1 Å². The van der Waals surface area contributed by atoms with Gasteiger partial charge in [0.25, 0.3) is 0 Å². The number of furan rings is 1. The monoisotopic (exact) mass is 399 g/mol. The molecule has 1 aromatic heterocycles. The van der Waals surface area contributed by atoms with E-state index in [1.54, 1.807) is 6.26 Å². The summed E-state index contributed by atoms with van der Waals surface area (Å²) in [5, 5.41) is 4.24. The summed E-state index contributed by atoms with van der Waals surface area (Å²) in [4.78, 5) is 4.82. The van der Waals surface area contributed by atoms with Gasteiger partial charge in [-0.15, -0.1) is 0 Å². The van der Waals surface area contributed by atoms with Crippen LogP contribution in [0.1, 0.15) is 44.4 Å². The van der Waals surface area contributed by atoms with Crippen molar-refractivity contribution >= 4 is 23.0 Å². The average Bonchev–Trinajstić information content (AvgIpc) is 3.22. The van der Waals surface area contributed by atoms with Crippen molar-refractivity contribution in [3.05, 3.63) is 54.0 Å². The fourth-order valence-corrected chi connectivity index (χ4v) is 4.02. The number of likely N-dealkylation sites (tertiary alicyclic amines) is 1. The van der Waals surface area contributed by atoms with Gasteiger partial charge in [-0.2, -0.15) is 0 Å². The van der Waals surface area contributed by atoms with Gasteiger partial charge in [-0.1, -0.05) is 32.0 Å². The zero-order valence-corrected chi connectivity index (χ0v) is 18.0. The molecule has 4 nitrogen and oxygen atoms in total. The Bertz CT molecular complexity index is 723. The van der Waals surface area contributed by atoms with E-state index in [4.69, 9.17) is 16.6 Å². The smallest absolute Gasteiger partial charge is 0.173 e. The molecule has 3 rings (SSSR count). The van der Waals surface area contributed by atoms with E-state index < -0.39 is 0 Å². The van der Waals surface area contributed by atoms with E-state index in [1.807, 2.05) is 12.1 Å². The molecule has 2 heterocycles. The van der Waals surface area contributed by atoms with Crippen LogP contribution in [-0.2, 0) is 13.0 Å². The highest BCUT2D eigenvalue weighted by molar-refractivity contribution is 7.80. The molecule has 0 unspecified atom stereocenters. The molecule has 0 saturated carbocycles. The van der Waals surface area contributed by atoms with E-state index in [9.17, 15) is 0 Å². The van der Waals surface area contributed by atoms with Crippen molar-refractivity contribution in [1.29, 1.82) is 0 Å². The van der Waals surface area contributed by atoms with Gasteiger partial charge in [-0.05, 0) is 87.2 Å². The van der Waals surface area contributed by atoms with Crippen molar-refractivity contribution < 1.29 is 4.42 Å². The van der Waals surface area contributed by atoms with Gasteiger partial charge in [0.2, 0.25) is 0 Å². The molecule has 1 aliphatic rings. The Labute approximate surface area is 174 Å². The Kier molecular flexibility index (Phi) is 7.92. The minimum absolute atomic E-state index is 0.699. The van der Waals surface area contributed by atoms with E-state index in [0.717, 1.165) is 48.4 Å². The van der Waals surface area contributed by atoms with Crippen molar-refractivity contribution in [3.8, 4) is 0 Å². The van der Waals surface area contributed by atoms with Gasteiger partial charge in [0.05, 0.1) is 12.8 Å². The number of hydrogen-bond donors (Lipinski definition) is 1. The van der Waals surface area contributed by atoms with E-state index in [2.05, 4.69) is 53.2 Å². The zero-order chi connectivity index (χ0) is 19.8. The summed E-state index contributed by atoms with van der Waals surface area (Å²) in [6.07, 6.45) is 6.46. The van der Waals surface area contributed by atoms with Crippen LogP contribution >= 0.6 is 12.2 Å². The summed E-state index contributed by atoms with van der Waals surface area (Å²) in [6, 6.07) is 12.3. The standard InChI is InChI=1S/C23H33N3OS/c1-3-20-8-4-5-10-22(20)24-23(28)26(18-21-9-6-17-27-21)14-7-13-25-15-11-19(2)12-16-25/h4-6,8-10,17,19H,3,7,11-16,18H2,1-2H3,(H,24,28). The SMILES string of the molecule is CCc1ccccc1NC(=S)N(CCCN1CCC(C)CC1)Cc1ccco1. The van der Waals surface area contributed by atoms with Gasteiger partial charge in [0, 0.05) is 12.2 Å². The summed E-state index contributed by atoms with van der Waals surface area (Å²) in [7, 11) is 0. The minimum atomic E-state index is 0.699. The van der Waals surface area contributed by atoms with Crippen LogP contribution in [0.2, 0.25) is 0 Å². The molecule has 0 spiro atoms. The summed E-state index contributed by atoms with van der Waals surface area (Å²) in [5.41, 5.74) is 2.38. The lowest BCUT2D eigenvalue weighted by atomic mass is 9.99. The number of thiocarbonyl (C=S) groups is 1. The molecule has 0 aliphatic carbocycles. The molecule has 28 heavy (non-hydrogen) atoms. The van der Waals surface area contributed by atoms with Crippen LogP contribution in [0.3, 0.4) is 0 Å². The summed E-state index contributed by atoms with van der Waals surface area (Å²) in [5.74, 6) is 1.82. The highest BCUT2D eigenvalue weighted by Crippen LogP contribution is 2.18. The maximum Gasteiger partial charge on any atom is 0.173 e. The topological polar surface area (TPSA) is 31.6 Å². The number of rotatable bonds is 8. The largest absolute Gasteiger partial charge is 0.467 e. The molecule has 152 valence electrons. The normalized spacial score (nSPS) is 15.5. The molecule has 0 bridgehead atoms. The predicted molar refractivity (Wildman–Crippen MR) is 121 cm³/mol. The lowest BCUT2D eigenvalue weighted by Crippen LogP contribution is -2.38. The number of hydrogen-bond acceptors (Lipinski definition) is 3. The number of para-hydroxylation sites is 1. The van der Waals surface area contributed by atoms with Crippen molar-refractivity contribution in [2.45, 2.75) is 46.1 Å². The van der Waals surface area contributed by atoms with Crippen LogP contribution in [-0.4, -0.2) is 41.1 Å². The van der Waals surface area contributed by atoms with Crippen LogP contribution in [0.25, 0.3) is 0 Å². The van der Waals surface area contributed by atoms with Crippen molar-refractivity contribution in [3.63, 3.8) is 0 Å². The third-order valence-corrected chi connectivity index (χ3v) is 5.99. The maximum atomic E-state index is 5.78. The minimum Gasteiger partial charge on any atom is -0.467 e. The van der Waals surface area contributed by atoms with E-state index in [-0.39, 0.29) is 0 Å². The second-order valence-corrected chi connectivity index (χ2v) is 8.21. The van der Waals surface area contributed by atoms with Gasteiger partial charge in [0.1, 0.15) is 5.76 Å². The Morgan fingerprint density at radius 3 is 2.71 bits per heavy atom.